The van der Waals surface area contributed by atoms with Crippen molar-refractivity contribution in [1.29, 1.82) is 0 Å². The molecule has 4 heteroatoms. The van der Waals surface area contributed by atoms with E-state index >= 15 is 0 Å². The van der Waals surface area contributed by atoms with Gasteiger partial charge in [0.1, 0.15) is 6.61 Å². The second-order valence-electron chi connectivity index (χ2n) is 3.19. The van der Waals surface area contributed by atoms with Crippen LogP contribution in [0.3, 0.4) is 0 Å². The van der Waals surface area contributed by atoms with E-state index in [-0.39, 0.29) is 6.61 Å². The van der Waals surface area contributed by atoms with Gasteiger partial charge in [-0.1, -0.05) is 41.4 Å². The fraction of sp³-hybridized carbons (Fsp3) is 0.364. The molecule has 1 unspecified atom stereocenters. The summed E-state index contributed by atoms with van der Waals surface area (Å²) in [5.74, 6) is 0. The summed E-state index contributed by atoms with van der Waals surface area (Å²) in [6.07, 6.45) is -0.751. The van der Waals surface area contributed by atoms with Crippen molar-refractivity contribution in [3.63, 3.8) is 0 Å². The summed E-state index contributed by atoms with van der Waals surface area (Å²) in [5, 5.41) is 0. The number of aryl methyl sites for hydroxylation is 1. The molecule has 0 N–H and O–H groups in total. The zero-order valence-electron chi connectivity index (χ0n) is 8.70. The molecule has 0 aliphatic carbocycles. The van der Waals surface area contributed by atoms with E-state index < -0.39 is 11.7 Å². The minimum absolute atomic E-state index is 0.199. The highest BCUT2D eigenvalue weighted by Crippen LogP contribution is 2.07. The molecule has 0 bridgehead atoms. The number of hydrogen-bond acceptors (Lipinski definition) is 3. The lowest BCUT2D eigenvalue weighted by molar-refractivity contribution is 0.0445. The molecular weight excluding hydrogens is 216 g/mol. The Hall–Kier alpha value is -1.22. The summed E-state index contributed by atoms with van der Waals surface area (Å²) in [6.45, 7) is 3.72. The van der Waals surface area contributed by atoms with E-state index in [1.807, 2.05) is 31.2 Å². The van der Waals surface area contributed by atoms with Gasteiger partial charge in [0.05, 0.1) is 0 Å². The molecule has 0 saturated carbocycles. The van der Waals surface area contributed by atoms with Crippen molar-refractivity contribution >= 4 is 17.8 Å². The van der Waals surface area contributed by atoms with Crippen molar-refractivity contribution in [1.82, 2.24) is 0 Å². The van der Waals surface area contributed by atoms with Gasteiger partial charge in [-0.05, 0) is 19.4 Å². The average Bonchev–Trinajstić information content (AvgIpc) is 2.14. The highest BCUT2D eigenvalue weighted by Gasteiger charge is 2.07. The SMILES string of the molecule is Cc1cccc(COC(=O)OC(C)Cl)c1. The molecule has 3 nitrogen and oxygen atoms in total. The van der Waals surface area contributed by atoms with E-state index in [9.17, 15) is 4.79 Å². The Labute approximate surface area is 93.9 Å². The van der Waals surface area contributed by atoms with Crippen LogP contribution >= 0.6 is 11.6 Å². The first-order chi connectivity index (χ1) is 7.08. The van der Waals surface area contributed by atoms with Crippen LogP contribution < -0.4 is 0 Å². The standard InChI is InChI=1S/C11H13ClO3/c1-8-4-3-5-10(6-8)7-14-11(13)15-9(2)12/h3-6,9H,7H2,1-2H3. The largest absolute Gasteiger partial charge is 0.510 e. The van der Waals surface area contributed by atoms with Gasteiger partial charge in [0.2, 0.25) is 0 Å². The van der Waals surface area contributed by atoms with Gasteiger partial charge in [-0.25, -0.2) is 4.79 Å². The Balaban J connectivity index is 2.40. The number of carbonyl (C=O) groups excluding carboxylic acids is 1. The lowest BCUT2D eigenvalue weighted by Crippen LogP contribution is -2.11. The predicted molar refractivity (Wildman–Crippen MR) is 57.8 cm³/mol. The molecule has 0 fully saturated rings. The quantitative estimate of drug-likeness (QED) is 0.589. The maximum Gasteiger partial charge on any atom is 0.510 e. The second-order valence-corrected chi connectivity index (χ2v) is 3.80. The van der Waals surface area contributed by atoms with Crippen molar-refractivity contribution in [2.45, 2.75) is 26.0 Å². The van der Waals surface area contributed by atoms with Crippen LogP contribution in [-0.2, 0) is 16.1 Å². The number of alkyl halides is 1. The highest BCUT2D eigenvalue weighted by atomic mass is 35.5. The number of halogens is 1. The number of hydrogen-bond donors (Lipinski definition) is 0. The number of ether oxygens (including phenoxy) is 2. The third-order valence-electron chi connectivity index (χ3n) is 1.70. The molecule has 0 saturated heterocycles. The molecule has 82 valence electrons. The lowest BCUT2D eigenvalue weighted by atomic mass is 10.1. The van der Waals surface area contributed by atoms with Crippen molar-refractivity contribution in [2.75, 3.05) is 0 Å². The van der Waals surface area contributed by atoms with Gasteiger partial charge in [0.15, 0.2) is 5.56 Å². The van der Waals surface area contributed by atoms with Gasteiger partial charge in [-0.15, -0.1) is 0 Å². The van der Waals surface area contributed by atoms with Gasteiger partial charge < -0.3 is 9.47 Å². The Morgan fingerprint density at radius 3 is 2.87 bits per heavy atom. The zero-order valence-corrected chi connectivity index (χ0v) is 9.45. The molecule has 0 aliphatic rings. The lowest BCUT2D eigenvalue weighted by Gasteiger charge is -2.07. The molecule has 0 heterocycles. The van der Waals surface area contributed by atoms with Crippen LogP contribution in [0, 0.1) is 6.92 Å². The van der Waals surface area contributed by atoms with E-state index in [1.54, 1.807) is 6.92 Å². The van der Waals surface area contributed by atoms with E-state index in [0.29, 0.717) is 0 Å². The maximum atomic E-state index is 11.0. The third kappa shape index (κ3) is 4.70. The van der Waals surface area contributed by atoms with Gasteiger partial charge in [0, 0.05) is 0 Å². The van der Waals surface area contributed by atoms with E-state index in [2.05, 4.69) is 4.74 Å². The minimum atomic E-state index is -0.751. The summed E-state index contributed by atoms with van der Waals surface area (Å²) in [6, 6.07) is 7.70. The Morgan fingerprint density at radius 1 is 1.53 bits per heavy atom. The summed E-state index contributed by atoms with van der Waals surface area (Å²) in [4.78, 5) is 11.0. The number of rotatable bonds is 3. The van der Waals surface area contributed by atoms with Crippen LogP contribution in [0.15, 0.2) is 24.3 Å². The van der Waals surface area contributed by atoms with Crippen LogP contribution in [0.2, 0.25) is 0 Å². The van der Waals surface area contributed by atoms with Crippen LogP contribution in [0.1, 0.15) is 18.1 Å². The summed E-state index contributed by atoms with van der Waals surface area (Å²) in [7, 11) is 0. The van der Waals surface area contributed by atoms with Gasteiger partial charge in [-0.2, -0.15) is 0 Å². The molecule has 0 aliphatic heterocycles. The van der Waals surface area contributed by atoms with Gasteiger partial charge in [-0.3, -0.25) is 0 Å². The van der Waals surface area contributed by atoms with Gasteiger partial charge in [0.25, 0.3) is 0 Å². The Bertz CT molecular complexity index is 336. The summed E-state index contributed by atoms with van der Waals surface area (Å²) >= 11 is 5.46. The fourth-order valence-corrected chi connectivity index (χ4v) is 1.18. The average molecular weight is 229 g/mol. The van der Waals surface area contributed by atoms with Crippen LogP contribution in [0.4, 0.5) is 4.79 Å². The number of benzene rings is 1. The summed E-state index contributed by atoms with van der Waals surface area (Å²) in [5.41, 5.74) is 1.37. The molecule has 0 spiro atoms. The fourth-order valence-electron chi connectivity index (χ4n) is 1.11. The smallest absolute Gasteiger partial charge is 0.429 e. The van der Waals surface area contributed by atoms with E-state index in [4.69, 9.17) is 16.3 Å². The summed E-state index contributed by atoms with van der Waals surface area (Å²) < 4.78 is 9.45. The molecule has 1 rings (SSSR count). The molecule has 1 aromatic carbocycles. The van der Waals surface area contributed by atoms with Crippen molar-refractivity contribution < 1.29 is 14.3 Å². The first-order valence-electron chi connectivity index (χ1n) is 4.61. The Kier molecular flexibility index (Phi) is 4.43. The molecule has 1 aromatic rings. The van der Waals surface area contributed by atoms with Crippen molar-refractivity contribution in [3.8, 4) is 0 Å². The monoisotopic (exact) mass is 228 g/mol. The minimum Gasteiger partial charge on any atom is -0.429 e. The Morgan fingerprint density at radius 2 is 2.27 bits per heavy atom. The van der Waals surface area contributed by atoms with Gasteiger partial charge >= 0.3 is 6.16 Å². The normalized spacial score (nSPS) is 11.9. The molecular formula is C11H13ClO3. The molecule has 0 radical (unpaired) electrons. The van der Waals surface area contributed by atoms with Crippen LogP contribution in [0.5, 0.6) is 0 Å². The topological polar surface area (TPSA) is 35.5 Å². The maximum absolute atomic E-state index is 11.0. The van der Waals surface area contributed by atoms with Crippen LogP contribution in [0.25, 0.3) is 0 Å². The third-order valence-corrected chi connectivity index (χ3v) is 1.79. The van der Waals surface area contributed by atoms with Crippen molar-refractivity contribution in [3.05, 3.63) is 35.4 Å². The highest BCUT2D eigenvalue weighted by molar-refractivity contribution is 6.19. The first-order valence-corrected chi connectivity index (χ1v) is 5.04. The predicted octanol–water partition coefficient (Wildman–Crippen LogP) is 3.23. The van der Waals surface area contributed by atoms with Crippen LogP contribution in [-0.4, -0.2) is 11.7 Å². The molecule has 1 atom stereocenters. The van der Waals surface area contributed by atoms with E-state index in [0.717, 1.165) is 11.1 Å². The van der Waals surface area contributed by atoms with Crippen molar-refractivity contribution in [2.24, 2.45) is 0 Å². The molecule has 0 amide bonds. The zero-order chi connectivity index (χ0) is 11.3. The first kappa shape index (κ1) is 11.9. The number of carbonyl (C=O) groups is 1. The molecule has 0 aromatic heterocycles. The molecule has 15 heavy (non-hydrogen) atoms. The van der Waals surface area contributed by atoms with E-state index in [1.165, 1.54) is 0 Å². The second kappa shape index (κ2) is 5.61.